The first-order valence-corrected chi connectivity index (χ1v) is 47.5. The number of aliphatic hydroxyl groups excluding tert-OH is 1. The van der Waals surface area contributed by atoms with Gasteiger partial charge in [0.1, 0.15) is 84.3 Å². The smallest absolute Gasteiger partial charge is 0.246 e. The molecule has 0 aliphatic carbocycles. The summed E-state index contributed by atoms with van der Waals surface area (Å²) in [5, 5.41) is 70.7. The molecule has 746 valence electrons. The Bertz CT molecular complexity index is 5370. The van der Waals surface area contributed by atoms with Crippen molar-refractivity contribution < 1.29 is 91.7 Å². The Morgan fingerprint density at radius 2 is 1.11 bits per heavy atom. The van der Waals surface area contributed by atoms with Crippen molar-refractivity contribution in [3.8, 4) is 11.8 Å². The number of amides is 17. The van der Waals surface area contributed by atoms with Gasteiger partial charge in [-0.05, 0) is 105 Å². The number of aromatic nitrogens is 4. The maximum Gasteiger partial charge on any atom is 0.246 e. The minimum atomic E-state index is -1.90. The highest BCUT2D eigenvalue weighted by molar-refractivity contribution is 8.00. The van der Waals surface area contributed by atoms with Crippen molar-refractivity contribution in [1.82, 2.24) is 103 Å². The number of carbonyl (C=O) groups excluding carboxylic acids is 17. The molecule has 3 aliphatic heterocycles. The number of phenols is 1. The largest absolute Gasteiger partial charge is 0.508 e. The van der Waals surface area contributed by atoms with Gasteiger partial charge < -0.3 is 125 Å². The zero-order chi connectivity index (χ0) is 101. The SMILES string of the molecule is CCCC[C@H]1C(=O)N(C)[C@@H](CCCC)C(=O)N[C@@H](CCCNC(=N)N)C(=O)N[C@H](CC(=O)NCC(N)=O)CSCC(=O)N[C@@H](Cc2ccc(O)cc2)C(=O)N(C)[C@@H](C)C(=O)N[C@@H](CC(N)=O)C(=O)N2CCC[C@H]2C(=O)N[C@@H](Cc2cnc[nH]2)C(=O)N[C@@H](CC(C)C)C(=O)N2C[C@H](C#N)C[C@H]2C(=O)N[C@@H](Cc2c[nH]c3ccccc23)C(=O)N[C@@H](CO)C(=O)N[C@@H](Cc2c[nH]c3ccccc23)C(=O)N1C. The van der Waals surface area contributed by atoms with Crippen molar-refractivity contribution in [2.45, 2.75) is 235 Å². The number of phenolic OH excluding ortho intramolecular Hbond substituents is 1. The van der Waals surface area contributed by atoms with Crippen molar-refractivity contribution in [1.29, 1.82) is 10.7 Å². The van der Waals surface area contributed by atoms with Gasteiger partial charge in [-0.25, -0.2) is 4.98 Å². The van der Waals surface area contributed by atoms with E-state index in [9.17, 15) is 53.8 Å². The van der Waals surface area contributed by atoms with Crippen molar-refractivity contribution in [2.24, 2.45) is 29.0 Å². The number of unbranched alkanes of at least 4 members (excludes halogenated alkanes) is 2. The number of thioether (sulfide) groups is 1. The molecule has 3 fully saturated rings. The molecule has 23 N–H and O–H groups in total. The summed E-state index contributed by atoms with van der Waals surface area (Å²) in [6, 6.07) is 0.497. The zero-order valence-corrected chi connectivity index (χ0v) is 79.6. The summed E-state index contributed by atoms with van der Waals surface area (Å²) in [5.74, 6) is -18.2. The zero-order valence-electron chi connectivity index (χ0n) is 78.8. The Balaban J connectivity index is 1.11. The summed E-state index contributed by atoms with van der Waals surface area (Å²) >= 11 is 0.869. The Morgan fingerprint density at radius 3 is 1.70 bits per heavy atom. The first-order valence-electron chi connectivity index (χ1n) is 46.3. The Labute approximate surface area is 802 Å². The summed E-state index contributed by atoms with van der Waals surface area (Å²) in [5.41, 5.74) is 19.8. The fourth-order valence-electron chi connectivity index (χ4n) is 17.1. The lowest BCUT2D eigenvalue weighted by molar-refractivity contribution is -0.149. The third-order valence-electron chi connectivity index (χ3n) is 24.7. The number of carbonyl (C=O) groups is 17. The van der Waals surface area contributed by atoms with E-state index in [1.807, 2.05) is 13.8 Å². The third-order valence-corrected chi connectivity index (χ3v) is 25.8. The number of imidazole rings is 1. The predicted octanol–water partition coefficient (Wildman–Crippen LogP) is -1.76. The van der Waals surface area contributed by atoms with Gasteiger partial charge in [-0.2, -0.15) is 5.26 Å². The second kappa shape index (κ2) is 51.7. The molecule has 45 heteroatoms. The highest BCUT2D eigenvalue weighted by Gasteiger charge is 2.47. The van der Waals surface area contributed by atoms with Crippen LogP contribution in [0.4, 0.5) is 0 Å². The summed E-state index contributed by atoms with van der Waals surface area (Å²) < 4.78 is 0. The number of nitrogens with zero attached hydrogens (tertiary/aromatic N) is 7. The highest BCUT2D eigenvalue weighted by Crippen LogP contribution is 2.30. The number of rotatable bonds is 27. The standard InChI is InChI=1S/C93H129N25O19S/c1-9-11-24-72-85(130)107-64(23-17-31-100-93(97)98)81(126)105-58(39-78(123)103-45-77(96)122)48-138-49-79(124)106-68(34-53-27-29-59(120)30-28-53)88(133)114(6)52(5)80(125)110-70(40-76(95)121)90(135)117-32-18-26-73(117)86(131)109-66(38-57-44-99-50-104-57)83(128)111-67(33-51(3)4)91(136)118-46-54(41-94)35-75(118)87(132)108-65(36-55-42-101-62-21-15-13-19-60(55)62)82(127)113-71(47-119)84(129)112-69(37-56-43-102-63-22-16-14-20-61(56)63)89(134)116(8)74(25-12-10-2)92(137)115(72)7/h13-16,19-22,27-30,42-44,50-52,54,58,64-75,101-102,119-120H,9-12,17-18,23-26,31-40,45-49H2,1-8H3,(H2,95,121)(H2,96,122)(H,99,104)(H,103,123)(H,105,126)(H,106,124)(H,107,130)(H,108,132)(H,109,131)(H,110,125)(H,111,128)(H,112,129)(H,113,127)(H4,97,98,100)/t52-,54-,58+,64-,65-,66-,67-,68-,69-,70-,71-,72-,73-,74-,75-/m0/s1. The van der Waals surface area contributed by atoms with Gasteiger partial charge in [0.25, 0.3) is 0 Å². The lowest BCUT2D eigenvalue weighted by Gasteiger charge is -2.36. The normalized spacial score (nSPS) is 24.4. The van der Waals surface area contributed by atoms with Crippen molar-refractivity contribution in [2.75, 3.05) is 65.4 Å². The fraction of sp³-hybridized carbons (Fsp3) is 0.527. The molecule has 6 heterocycles. The molecule has 0 saturated carbocycles. The molecule has 6 aromatic rings. The number of primary amides is 2. The van der Waals surface area contributed by atoms with E-state index in [0.717, 1.165) is 36.3 Å². The number of aromatic amines is 3. The maximum atomic E-state index is 15.8. The number of nitrogens with one attached hydrogen (secondary N) is 15. The van der Waals surface area contributed by atoms with Gasteiger partial charge in [-0.3, -0.25) is 86.9 Å². The Kier molecular flexibility index (Phi) is 40.2. The van der Waals surface area contributed by atoms with E-state index in [-0.39, 0.29) is 114 Å². The molecule has 3 saturated heterocycles. The van der Waals surface area contributed by atoms with Crippen LogP contribution in [-0.2, 0) is 107 Å². The van der Waals surface area contributed by atoms with E-state index in [0.29, 0.717) is 69.9 Å². The van der Waals surface area contributed by atoms with Gasteiger partial charge in [-0.1, -0.05) is 102 Å². The number of hydrogen-bond donors (Lipinski definition) is 20. The number of likely N-dealkylation sites (N-methyl/N-ethyl adjacent to an activating group) is 3. The third kappa shape index (κ3) is 30.2. The average Bonchev–Trinajstić information content (AvgIpc) is 1.04. The van der Waals surface area contributed by atoms with Crippen LogP contribution in [0.15, 0.2) is 97.7 Å². The Hall–Kier alpha value is -14.2. The Morgan fingerprint density at radius 1 is 0.565 bits per heavy atom. The lowest BCUT2D eigenvalue weighted by atomic mass is 10.00. The minimum absolute atomic E-state index is 0.00525. The second-order valence-electron chi connectivity index (χ2n) is 35.6. The van der Waals surface area contributed by atoms with Gasteiger partial charge in [0.05, 0.1) is 43.6 Å². The van der Waals surface area contributed by atoms with Gasteiger partial charge in [0.2, 0.25) is 100 Å². The monoisotopic (exact) mass is 1930 g/mol. The number of para-hydroxylation sites is 2. The average molecular weight is 1930 g/mol. The summed E-state index contributed by atoms with van der Waals surface area (Å²) in [4.78, 5) is 270. The number of hydrogen-bond acceptors (Lipinski definition) is 23. The molecule has 15 atom stereocenters. The van der Waals surface area contributed by atoms with Crippen LogP contribution in [0.5, 0.6) is 5.75 Å². The number of aliphatic hydroxyl groups is 1. The van der Waals surface area contributed by atoms with Crippen LogP contribution in [0.1, 0.15) is 147 Å². The van der Waals surface area contributed by atoms with Crippen LogP contribution in [0.2, 0.25) is 0 Å². The number of nitriles is 1. The number of fused-ring (bicyclic) bond motifs is 4. The molecular formula is C93H129N25O19S. The second-order valence-corrected chi connectivity index (χ2v) is 36.6. The van der Waals surface area contributed by atoms with Crippen LogP contribution in [0.3, 0.4) is 0 Å². The molecule has 0 spiro atoms. The molecule has 0 bridgehead atoms. The van der Waals surface area contributed by atoms with Gasteiger partial charge in [-0.15, -0.1) is 11.8 Å². The van der Waals surface area contributed by atoms with E-state index < -0.39 is 229 Å². The van der Waals surface area contributed by atoms with E-state index in [1.54, 1.807) is 74.8 Å². The number of aromatic hydroxyl groups is 1. The van der Waals surface area contributed by atoms with Crippen molar-refractivity contribution >= 4 is 140 Å². The summed E-state index contributed by atoms with van der Waals surface area (Å²) in [7, 11) is 3.94. The molecule has 17 amide bonds. The topological polar surface area (TPSA) is 665 Å². The minimum Gasteiger partial charge on any atom is -0.508 e. The molecule has 0 radical (unpaired) electrons. The van der Waals surface area contributed by atoms with Crippen LogP contribution in [-0.4, -0.2) is 311 Å². The van der Waals surface area contributed by atoms with E-state index in [2.05, 4.69) is 84.5 Å². The number of guanidine groups is 1. The molecule has 44 nitrogen and oxygen atoms in total. The van der Waals surface area contributed by atoms with Crippen LogP contribution in [0.25, 0.3) is 21.8 Å². The van der Waals surface area contributed by atoms with Crippen LogP contribution in [0, 0.1) is 28.6 Å². The molecule has 3 aliphatic rings. The van der Waals surface area contributed by atoms with Crippen molar-refractivity contribution in [3.63, 3.8) is 0 Å². The first kappa shape index (κ1) is 107. The van der Waals surface area contributed by atoms with E-state index >= 15 is 43.2 Å². The molecule has 3 aromatic carbocycles. The summed E-state index contributed by atoms with van der Waals surface area (Å²) in [6.45, 7) is 6.28. The van der Waals surface area contributed by atoms with E-state index in [4.69, 9.17) is 22.6 Å². The van der Waals surface area contributed by atoms with Gasteiger partial charge in [0.15, 0.2) is 5.96 Å². The molecule has 138 heavy (non-hydrogen) atoms. The van der Waals surface area contributed by atoms with Crippen molar-refractivity contribution in [3.05, 3.63) is 120 Å². The van der Waals surface area contributed by atoms with Crippen LogP contribution < -0.4 is 75.7 Å². The summed E-state index contributed by atoms with van der Waals surface area (Å²) in [6.07, 6.45) is 4.72. The van der Waals surface area contributed by atoms with E-state index in [1.165, 1.54) is 64.9 Å². The quantitative estimate of drug-likeness (QED) is 0.0154. The fourth-order valence-corrected chi connectivity index (χ4v) is 18.0. The number of H-pyrrole nitrogens is 3. The maximum absolute atomic E-state index is 15.8. The molecular weight excluding hydrogens is 1800 g/mol. The van der Waals surface area contributed by atoms with Crippen LogP contribution >= 0.6 is 11.8 Å². The van der Waals surface area contributed by atoms with Gasteiger partial charge in [0, 0.05) is 131 Å². The highest BCUT2D eigenvalue weighted by atomic mass is 32.2. The molecule has 3 aromatic heterocycles. The van der Waals surface area contributed by atoms with Gasteiger partial charge >= 0.3 is 0 Å². The number of nitrogens with two attached hydrogens (primary N) is 3. The first-order chi connectivity index (χ1) is 65.8. The number of benzene rings is 3. The molecule has 9 rings (SSSR count). The predicted molar refractivity (Wildman–Crippen MR) is 507 cm³/mol. The molecule has 0 unspecified atom stereocenters. The lowest BCUT2D eigenvalue weighted by Crippen LogP contribution is -2.61.